The van der Waals surface area contributed by atoms with E-state index in [1.807, 2.05) is 19.1 Å². The minimum Gasteiger partial charge on any atom is -0.337 e. The van der Waals surface area contributed by atoms with Gasteiger partial charge in [0.1, 0.15) is 0 Å². The molecule has 0 saturated carbocycles. The summed E-state index contributed by atoms with van der Waals surface area (Å²) in [6.45, 7) is 4.44. The number of nitrogens with zero attached hydrogens (tertiary/aromatic N) is 1. The van der Waals surface area contributed by atoms with Crippen LogP contribution >= 0.6 is 0 Å². The quantitative estimate of drug-likeness (QED) is 0.845. The molecule has 0 aliphatic carbocycles. The molecule has 2 aromatic carbocycles. The summed E-state index contributed by atoms with van der Waals surface area (Å²) in [6, 6.07) is 11.7. The Morgan fingerprint density at radius 3 is 2.37 bits per heavy atom. The standard InChI is InChI=1S/C19H22N2O4S2/c1-14-7-8-16(27(24,25)20-18-6-4-3-5-15(18)2)13-17(14)19(22)21-9-11-26(23)12-10-21/h3-8,13,20H,9-12H2,1-2H3. The first-order chi connectivity index (χ1) is 12.8. The van der Waals surface area contributed by atoms with Crippen molar-refractivity contribution < 1.29 is 17.4 Å². The third-order valence-corrected chi connectivity index (χ3v) is 7.24. The minimum atomic E-state index is -3.82. The molecular formula is C19H22N2O4S2. The van der Waals surface area contributed by atoms with Crippen LogP contribution in [0.4, 0.5) is 5.69 Å². The van der Waals surface area contributed by atoms with Gasteiger partial charge < -0.3 is 4.90 Å². The van der Waals surface area contributed by atoms with Crippen LogP contribution in [0.1, 0.15) is 21.5 Å². The van der Waals surface area contributed by atoms with Gasteiger partial charge in [-0.15, -0.1) is 0 Å². The number of hydrogen-bond donors (Lipinski definition) is 1. The fourth-order valence-corrected chi connectivity index (χ4v) is 5.11. The number of sulfonamides is 1. The molecule has 0 atom stereocenters. The van der Waals surface area contributed by atoms with Crippen LogP contribution in [0.5, 0.6) is 0 Å². The highest BCUT2D eigenvalue weighted by atomic mass is 32.2. The molecule has 1 amide bonds. The zero-order chi connectivity index (χ0) is 19.6. The van der Waals surface area contributed by atoms with Crippen molar-refractivity contribution in [3.63, 3.8) is 0 Å². The van der Waals surface area contributed by atoms with E-state index in [4.69, 9.17) is 0 Å². The number of carbonyl (C=O) groups is 1. The van der Waals surface area contributed by atoms with E-state index >= 15 is 0 Å². The summed E-state index contributed by atoms with van der Waals surface area (Å²) in [6.07, 6.45) is 0. The highest BCUT2D eigenvalue weighted by Crippen LogP contribution is 2.22. The molecule has 1 saturated heterocycles. The summed E-state index contributed by atoms with van der Waals surface area (Å²) in [7, 11) is -4.70. The molecule has 1 heterocycles. The molecule has 8 heteroatoms. The average molecular weight is 407 g/mol. The zero-order valence-corrected chi connectivity index (χ0v) is 16.9. The predicted molar refractivity (Wildman–Crippen MR) is 107 cm³/mol. The van der Waals surface area contributed by atoms with E-state index in [-0.39, 0.29) is 10.8 Å². The number of aryl methyl sites for hydroxylation is 2. The van der Waals surface area contributed by atoms with E-state index in [9.17, 15) is 17.4 Å². The first-order valence-corrected chi connectivity index (χ1v) is 11.6. The molecule has 3 rings (SSSR count). The second kappa shape index (κ2) is 7.82. The van der Waals surface area contributed by atoms with Crippen molar-refractivity contribution in [1.29, 1.82) is 0 Å². The Bertz CT molecular complexity index is 993. The van der Waals surface area contributed by atoms with E-state index in [2.05, 4.69) is 4.72 Å². The highest BCUT2D eigenvalue weighted by molar-refractivity contribution is 7.92. The number of carbonyl (C=O) groups excluding carboxylic acids is 1. The Kier molecular flexibility index (Phi) is 5.67. The zero-order valence-electron chi connectivity index (χ0n) is 15.3. The van der Waals surface area contributed by atoms with E-state index in [1.165, 1.54) is 12.1 Å². The van der Waals surface area contributed by atoms with Gasteiger partial charge in [0.15, 0.2) is 0 Å². The highest BCUT2D eigenvalue weighted by Gasteiger charge is 2.24. The van der Waals surface area contributed by atoms with Crippen molar-refractivity contribution in [2.75, 3.05) is 29.3 Å². The van der Waals surface area contributed by atoms with Gasteiger partial charge in [-0.3, -0.25) is 13.7 Å². The number of amides is 1. The van der Waals surface area contributed by atoms with Crippen molar-refractivity contribution in [3.8, 4) is 0 Å². The molecule has 0 unspecified atom stereocenters. The van der Waals surface area contributed by atoms with Crippen LogP contribution in [0.2, 0.25) is 0 Å². The molecular weight excluding hydrogens is 384 g/mol. The topological polar surface area (TPSA) is 83.6 Å². The Morgan fingerprint density at radius 1 is 1.04 bits per heavy atom. The largest absolute Gasteiger partial charge is 0.337 e. The maximum Gasteiger partial charge on any atom is 0.261 e. The number of rotatable bonds is 4. The van der Waals surface area contributed by atoms with Crippen LogP contribution in [0.25, 0.3) is 0 Å². The Labute approximate surface area is 162 Å². The average Bonchev–Trinajstić information content (AvgIpc) is 2.64. The fraction of sp³-hybridized carbons (Fsp3) is 0.316. The smallest absolute Gasteiger partial charge is 0.261 e. The van der Waals surface area contributed by atoms with Crippen molar-refractivity contribution in [2.45, 2.75) is 18.7 Å². The summed E-state index contributed by atoms with van der Waals surface area (Å²) < 4.78 is 39.7. The summed E-state index contributed by atoms with van der Waals surface area (Å²) in [5.41, 5.74) is 2.38. The second-order valence-electron chi connectivity index (χ2n) is 6.54. The Hall–Kier alpha value is -2.19. The van der Waals surface area contributed by atoms with E-state index in [0.29, 0.717) is 41.4 Å². The number of nitrogens with one attached hydrogen (secondary N) is 1. The summed E-state index contributed by atoms with van der Waals surface area (Å²) >= 11 is 0. The maximum absolute atomic E-state index is 12.8. The number of benzene rings is 2. The predicted octanol–water partition coefficient (Wildman–Crippen LogP) is 2.31. The van der Waals surface area contributed by atoms with Gasteiger partial charge in [0.05, 0.1) is 10.6 Å². The first kappa shape index (κ1) is 19.6. The lowest BCUT2D eigenvalue weighted by Gasteiger charge is -2.27. The molecule has 0 bridgehead atoms. The lowest BCUT2D eigenvalue weighted by atomic mass is 10.1. The third kappa shape index (κ3) is 4.39. The molecule has 1 fully saturated rings. The molecule has 6 nitrogen and oxygen atoms in total. The fourth-order valence-electron chi connectivity index (χ4n) is 2.90. The van der Waals surface area contributed by atoms with Gasteiger partial charge in [-0.05, 0) is 43.2 Å². The van der Waals surface area contributed by atoms with Crippen LogP contribution < -0.4 is 4.72 Å². The SMILES string of the molecule is Cc1ccccc1NS(=O)(=O)c1ccc(C)c(C(=O)N2CCS(=O)CC2)c1. The molecule has 0 spiro atoms. The van der Waals surface area contributed by atoms with Gasteiger partial charge >= 0.3 is 0 Å². The second-order valence-corrected chi connectivity index (χ2v) is 9.92. The number of hydrogen-bond acceptors (Lipinski definition) is 4. The van der Waals surface area contributed by atoms with Gasteiger partial charge in [0.2, 0.25) is 0 Å². The molecule has 0 aromatic heterocycles. The van der Waals surface area contributed by atoms with E-state index < -0.39 is 20.8 Å². The lowest BCUT2D eigenvalue weighted by Crippen LogP contribution is -2.42. The number of anilines is 1. The minimum absolute atomic E-state index is 0.0419. The molecule has 27 heavy (non-hydrogen) atoms. The van der Waals surface area contributed by atoms with Gasteiger partial charge in [-0.25, -0.2) is 8.42 Å². The summed E-state index contributed by atoms with van der Waals surface area (Å²) in [5, 5.41) is 0. The van der Waals surface area contributed by atoms with E-state index in [0.717, 1.165) is 5.56 Å². The first-order valence-electron chi connectivity index (χ1n) is 8.61. The monoisotopic (exact) mass is 406 g/mol. The van der Waals surface area contributed by atoms with Crippen LogP contribution in [0.15, 0.2) is 47.4 Å². The van der Waals surface area contributed by atoms with Gasteiger partial charge in [0.25, 0.3) is 15.9 Å². The molecule has 1 N–H and O–H groups in total. The van der Waals surface area contributed by atoms with Crippen molar-refractivity contribution in [2.24, 2.45) is 0 Å². The Balaban J connectivity index is 1.89. The van der Waals surface area contributed by atoms with Crippen LogP contribution in [-0.2, 0) is 20.8 Å². The van der Waals surface area contributed by atoms with Crippen LogP contribution in [0, 0.1) is 13.8 Å². The molecule has 144 valence electrons. The normalized spacial score (nSPS) is 15.6. The van der Waals surface area contributed by atoms with Crippen molar-refractivity contribution in [1.82, 2.24) is 4.90 Å². The third-order valence-electron chi connectivity index (χ3n) is 4.60. The lowest BCUT2D eigenvalue weighted by molar-refractivity contribution is 0.0770. The van der Waals surface area contributed by atoms with Crippen molar-refractivity contribution >= 4 is 32.4 Å². The van der Waals surface area contributed by atoms with Crippen LogP contribution in [-0.4, -0.2) is 48.0 Å². The van der Waals surface area contributed by atoms with Gasteiger partial charge in [-0.2, -0.15) is 0 Å². The summed E-state index contributed by atoms with van der Waals surface area (Å²) in [5.74, 6) is 0.687. The number of para-hydroxylation sites is 1. The van der Waals surface area contributed by atoms with Gasteiger partial charge in [0, 0.05) is 41.0 Å². The van der Waals surface area contributed by atoms with Crippen molar-refractivity contribution in [3.05, 3.63) is 59.2 Å². The van der Waals surface area contributed by atoms with Crippen LogP contribution in [0.3, 0.4) is 0 Å². The molecule has 0 radical (unpaired) electrons. The maximum atomic E-state index is 12.8. The molecule has 1 aliphatic heterocycles. The van der Waals surface area contributed by atoms with Gasteiger partial charge in [-0.1, -0.05) is 24.3 Å². The van der Waals surface area contributed by atoms with E-state index in [1.54, 1.807) is 30.0 Å². The Morgan fingerprint density at radius 2 is 1.70 bits per heavy atom. The molecule has 1 aliphatic rings. The molecule has 2 aromatic rings. The summed E-state index contributed by atoms with van der Waals surface area (Å²) in [4.78, 5) is 14.5.